The molecule has 0 heterocycles. The van der Waals surface area contributed by atoms with Crippen LogP contribution in [0.4, 0.5) is 8.78 Å². The summed E-state index contributed by atoms with van der Waals surface area (Å²) in [6.45, 7) is 3.49. The first-order valence-electron chi connectivity index (χ1n) is 5.60. The average Bonchev–Trinajstić information content (AvgIpc) is 2.31. The van der Waals surface area contributed by atoms with Gasteiger partial charge in [0, 0.05) is 10.5 Å². The Balaban J connectivity index is 2.72. The van der Waals surface area contributed by atoms with Crippen molar-refractivity contribution in [2.45, 2.75) is 20.0 Å². The summed E-state index contributed by atoms with van der Waals surface area (Å²) < 4.78 is 37.0. The zero-order valence-corrected chi connectivity index (χ0v) is 12.0. The van der Waals surface area contributed by atoms with Gasteiger partial charge in [-0.25, -0.2) is 13.6 Å². The fourth-order valence-electron chi connectivity index (χ4n) is 1.27. The first kappa shape index (κ1) is 15.6. The average molecular weight is 335 g/mol. The van der Waals surface area contributed by atoms with Crippen LogP contribution in [0.3, 0.4) is 0 Å². The summed E-state index contributed by atoms with van der Waals surface area (Å²) in [4.78, 5) is 11.1. The maximum absolute atomic E-state index is 13.5. The third kappa shape index (κ3) is 4.98. The third-order valence-corrected chi connectivity index (χ3v) is 2.51. The molecule has 1 unspecified atom stereocenters. The lowest BCUT2D eigenvalue weighted by Crippen LogP contribution is -2.12. The van der Waals surface area contributed by atoms with Gasteiger partial charge in [-0.3, -0.25) is 0 Å². The Morgan fingerprint density at radius 3 is 2.53 bits per heavy atom. The molecule has 0 aromatic heterocycles. The van der Waals surface area contributed by atoms with Crippen LogP contribution in [0.25, 0.3) is 0 Å². The van der Waals surface area contributed by atoms with E-state index in [0.717, 1.165) is 18.2 Å². The summed E-state index contributed by atoms with van der Waals surface area (Å²) in [5.74, 6) is -2.65. The van der Waals surface area contributed by atoms with Crippen LogP contribution in [-0.2, 0) is 9.53 Å². The molecule has 0 saturated heterocycles. The van der Waals surface area contributed by atoms with Gasteiger partial charge in [0.25, 0.3) is 0 Å². The molecule has 104 valence electrons. The highest BCUT2D eigenvalue weighted by Gasteiger charge is 2.14. The Labute approximate surface area is 118 Å². The Bertz CT molecular complexity index is 466. The first-order valence-corrected chi connectivity index (χ1v) is 6.39. The molecular formula is C13H13BrF2O3. The minimum Gasteiger partial charge on any atom is -0.481 e. The summed E-state index contributed by atoms with van der Waals surface area (Å²) in [5.41, 5.74) is 0. The van der Waals surface area contributed by atoms with Gasteiger partial charge in [-0.15, -0.1) is 0 Å². The van der Waals surface area contributed by atoms with Crippen molar-refractivity contribution >= 4 is 21.9 Å². The van der Waals surface area contributed by atoms with E-state index in [2.05, 4.69) is 20.7 Å². The van der Waals surface area contributed by atoms with Crippen molar-refractivity contribution in [3.05, 3.63) is 40.4 Å². The number of esters is 1. The number of carbonyl (C=O) groups is 1. The van der Waals surface area contributed by atoms with Gasteiger partial charge in [0.05, 0.1) is 6.61 Å². The monoisotopic (exact) mass is 334 g/mol. The second-order valence-corrected chi connectivity index (χ2v) is 4.55. The van der Waals surface area contributed by atoms with E-state index in [1.807, 2.05) is 0 Å². The van der Waals surface area contributed by atoms with Crippen molar-refractivity contribution in [3.63, 3.8) is 0 Å². The second kappa shape index (κ2) is 7.23. The number of carbonyl (C=O) groups excluding carboxylic acids is 1. The smallest absolute Gasteiger partial charge is 0.330 e. The van der Waals surface area contributed by atoms with Crippen LogP contribution in [0.15, 0.2) is 28.8 Å². The SMILES string of the molecule is CCOC(=O)/C=C/C(C)Oc1c(F)cc(Br)cc1F. The van der Waals surface area contributed by atoms with E-state index in [1.54, 1.807) is 13.8 Å². The highest BCUT2D eigenvalue weighted by Crippen LogP contribution is 2.26. The molecule has 1 atom stereocenters. The number of halogens is 3. The van der Waals surface area contributed by atoms with Crippen molar-refractivity contribution in [2.24, 2.45) is 0 Å². The van der Waals surface area contributed by atoms with E-state index in [0.29, 0.717) is 0 Å². The zero-order chi connectivity index (χ0) is 14.4. The summed E-state index contributed by atoms with van der Waals surface area (Å²) in [6.07, 6.45) is 1.84. The lowest BCUT2D eigenvalue weighted by molar-refractivity contribution is -0.137. The van der Waals surface area contributed by atoms with Crippen LogP contribution in [0.5, 0.6) is 5.75 Å². The minimum absolute atomic E-state index is 0.258. The molecule has 0 bridgehead atoms. The highest BCUT2D eigenvalue weighted by atomic mass is 79.9. The third-order valence-electron chi connectivity index (χ3n) is 2.06. The molecule has 0 spiro atoms. The standard InChI is InChI=1S/C13H13BrF2O3/c1-3-18-12(17)5-4-8(2)19-13-10(15)6-9(14)7-11(13)16/h4-8H,3H2,1-2H3/b5-4+. The summed E-state index contributed by atoms with van der Waals surface area (Å²) in [7, 11) is 0. The van der Waals surface area contributed by atoms with E-state index >= 15 is 0 Å². The summed E-state index contributed by atoms with van der Waals surface area (Å²) in [6, 6.07) is 2.19. The molecule has 3 nitrogen and oxygen atoms in total. The Hall–Kier alpha value is -1.43. The largest absolute Gasteiger partial charge is 0.481 e. The molecule has 0 N–H and O–H groups in total. The molecule has 1 rings (SSSR count). The van der Waals surface area contributed by atoms with E-state index in [-0.39, 0.29) is 11.1 Å². The summed E-state index contributed by atoms with van der Waals surface area (Å²) in [5, 5.41) is 0. The van der Waals surface area contributed by atoms with Gasteiger partial charge in [0.1, 0.15) is 6.10 Å². The zero-order valence-electron chi connectivity index (χ0n) is 10.5. The Kier molecular flexibility index (Phi) is 5.95. The quantitative estimate of drug-likeness (QED) is 0.609. The van der Waals surface area contributed by atoms with Crippen LogP contribution in [0.1, 0.15) is 13.8 Å². The topological polar surface area (TPSA) is 35.5 Å². The van der Waals surface area contributed by atoms with Gasteiger partial charge in [-0.2, -0.15) is 0 Å². The molecule has 0 radical (unpaired) electrons. The van der Waals surface area contributed by atoms with Gasteiger partial charge < -0.3 is 9.47 Å². The first-order chi connectivity index (χ1) is 8.93. The molecule has 0 aliphatic rings. The van der Waals surface area contributed by atoms with Crippen LogP contribution in [0, 0.1) is 11.6 Å². The number of hydrogen-bond acceptors (Lipinski definition) is 3. The number of hydrogen-bond donors (Lipinski definition) is 0. The predicted molar refractivity (Wildman–Crippen MR) is 69.9 cm³/mol. The molecule has 0 aliphatic heterocycles. The van der Waals surface area contributed by atoms with Crippen LogP contribution < -0.4 is 4.74 Å². The maximum atomic E-state index is 13.5. The molecule has 19 heavy (non-hydrogen) atoms. The molecule has 0 aliphatic carbocycles. The fraction of sp³-hybridized carbons (Fsp3) is 0.308. The van der Waals surface area contributed by atoms with Gasteiger partial charge in [-0.05, 0) is 32.1 Å². The molecule has 1 aromatic rings. The Morgan fingerprint density at radius 2 is 2.00 bits per heavy atom. The van der Waals surface area contributed by atoms with Crippen molar-refractivity contribution in [2.75, 3.05) is 6.61 Å². The van der Waals surface area contributed by atoms with Gasteiger partial charge in [0.2, 0.25) is 0 Å². The van der Waals surface area contributed by atoms with E-state index in [1.165, 1.54) is 6.08 Å². The van der Waals surface area contributed by atoms with Crippen molar-refractivity contribution in [1.82, 2.24) is 0 Å². The number of benzene rings is 1. The molecule has 6 heteroatoms. The fourth-order valence-corrected chi connectivity index (χ4v) is 1.67. The number of ether oxygens (including phenoxy) is 2. The predicted octanol–water partition coefficient (Wildman–Crippen LogP) is 3.61. The normalized spacial score (nSPS) is 12.5. The van der Waals surface area contributed by atoms with Crippen LogP contribution >= 0.6 is 15.9 Å². The van der Waals surface area contributed by atoms with Crippen molar-refractivity contribution < 1.29 is 23.0 Å². The van der Waals surface area contributed by atoms with Crippen molar-refractivity contribution in [1.29, 1.82) is 0 Å². The molecular weight excluding hydrogens is 322 g/mol. The lowest BCUT2D eigenvalue weighted by atomic mass is 10.3. The maximum Gasteiger partial charge on any atom is 0.330 e. The van der Waals surface area contributed by atoms with Gasteiger partial charge >= 0.3 is 5.97 Å². The van der Waals surface area contributed by atoms with E-state index < -0.39 is 29.5 Å². The molecule has 0 amide bonds. The second-order valence-electron chi connectivity index (χ2n) is 3.63. The minimum atomic E-state index is -0.816. The molecule has 0 fully saturated rings. The van der Waals surface area contributed by atoms with Gasteiger partial charge in [0.15, 0.2) is 17.4 Å². The lowest BCUT2D eigenvalue weighted by Gasteiger charge is -2.12. The molecule has 1 aromatic carbocycles. The van der Waals surface area contributed by atoms with E-state index in [4.69, 9.17) is 4.74 Å². The van der Waals surface area contributed by atoms with Crippen molar-refractivity contribution in [3.8, 4) is 5.75 Å². The van der Waals surface area contributed by atoms with Gasteiger partial charge in [-0.1, -0.05) is 15.9 Å². The Morgan fingerprint density at radius 1 is 1.42 bits per heavy atom. The molecule has 0 saturated carbocycles. The van der Waals surface area contributed by atoms with Crippen LogP contribution in [0.2, 0.25) is 0 Å². The van der Waals surface area contributed by atoms with Crippen LogP contribution in [-0.4, -0.2) is 18.7 Å². The summed E-state index contributed by atoms with van der Waals surface area (Å²) >= 11 is 2.97. The highest BCUT2D eigenvalue weighted by molar-refractivity contribution is 9.10. The number of rotatable bonds is 5. The van der Waals surface area contributed by atoms with E-state index in [9.17, 15) is 13.6 Å².